The third-order valence-corrected chi connectivity index (χ3v) is 2.72. The maximum absolute atomic E-state index is 11.6. The monoisotopic (exact) mass is 270 g/mol. The van der Waals surface area contributed by atoms with Crippen LogP contribution >= 0.6 is 0 Å². The fourth-order valence-electron chi connectivity index (χ4n) is 1.66. The molecule has 1 N–H and O–H groups in total. The second-order valence-corrected chi connectivity index (χ2v) is 4.86. The van der Waals surface area contributed by atoms with E-state index in [2.05, 4.69) is 5.32 Å². The van der Waals surface area contributed by atoms with E-state index in [4.69, 9.17) is 4.74 Å². The van der Waals surface area contributed by atoms with Gasteiger partial charge in [0.1, 0.15) is 5.78 Å². The third kappa shape index (κ3) is 7.56. The summed E-state index contributed by atoms with van der Waals surface area (Å²) in [4.78, 5) is 35.8. The topological polar surface area (TPSA) is 75.7 Å². The zero-order chi connectivity index (χ0) is 14.3. The first kappa shape index (κ1) is 15.6. The Morgan fingerprint density at radius 1 is 1.21 bits per heavy atom. The number of hydrogen-bond donors (Lipinski definition) is 1. The quantitative estimate of drug-likeness (QED) is 0.602. The number of amides is 1. The number of esters is 1. The number of carbonyl (C=O) groups excluding carboxylic acids is 3. The second-order valence-electron chi connectivity index (χ2n) is 4.86. The Morgan fingerprint density at radius 3 is 2.47 bits per heavy atom. The molecule has 1 aliphatic rings. The highest BCUT2D eigenvalue weighted by atomic mass is 16.5. The Hall–Kier alpha value is -1.43. The third-order valence-electron chi connectivity index (χ3n) is 2.72. The molecule has 6 heteroatoms. The summed E-state index contributed by atoms with van der Waals surface area (Å²) in [6, 6.07) is 0.334. The molecule has 6 nitrogen and oxygen atoms in total. The molecule has 0 aliphatic heterocycles. The fourth-order valence-corrected chi connectivity index (χ4v) is 1.66. The molecule has 1 fully saturated rings. The van der Waals surface area contributed by atoms with Crippen molar-refractivity contribution in [2.45, 2.75) is 38.6 Å². The Balaban J connectivity index is 2.12. The van der Waals surface area contributed by atoms with Gasteiger partial charge in [-0.05, 0) is 26.8 Å². The molecule has 0 aromatic carbocycles. The van der Waals surface area contributed by atoms with Crippen LogP contribution < -0.4 is 5.32 Å². The van der Waals surface area contributed by atoms with Crippen LogP contribution in [0.2, 0.25) is 0 Å². The number of Topliss-reactive ketones (excluding diaryl/α,β-unsaturated/α-hetero) is 1. The van der Waals surface area contributed by atoms with Crippen LogP contribution in [-0.2, 0) is 19.1 Å². The van der Waals surface area contributed by atoms with E-state index in [0.29, 0.717) is 12.6 Å². The molecule has 1 rings (SSSR count). The van der Waals surface area contributed by atoms with E-state index in [1.807, 2.05) is 0 Å². The van der Waals surface area contributed by atoms with Crippen molar-refractivity contribution in [3.05, 3.63) is 0 Å². The van der Waals surface area contributed by atoms with Gasteiger partial charge < -0.3 is 10.1 Å². The predicted octanol–water partition coefficient (Wildman–Crippen LogP) is 0.109. The standard InChI is InChI=1S/C13H22N2O4/c1-3-19-13(18)7-6-11(16)8-15(2)9-12(17)14-10-4-5-10/h10H,3-9H2,1-2H3,(H,14,17). The number of carbonyl (C=O) groups is 3. The van der Waals surface area contributed by atoms with E-state index in [9.17, 15) is 14.4 Å². The van der Waals surface area contributed by atoms with Gasteiger partial charge >= 0.3 is 5.97 Å². The maximum Gasteiger partial charge on any atom is 0.306 e. The van der Waals surface area contributed by atoms with Crippen LogP contribution in [0.4, 0.5) is 0 Å². The lowest BCUT2D eigenvalue weighted by molar-refractivity contribution is -0.144. The Kier molecular flexibility index (Phi) is 6.49. The van der Waals surface area contributed by atoms with Gasteiger partial charge in [0.05, 0.1) is 26.1 Å². The number of likely N-dealkylation sites (N-methyl/N-ethyl adjacent to an activating group) is 1. The normalized spacial score (nSPS) is 14.3. The first-order valence-corrected chi connectivity index (χ1v) is 6.66. The number of rotatable bonds is 9. The van der Waals surface area contributed by atoms with E-state index in [0.717, 1.165) is 12.8 Å². The highest BCUT2D eigenvalue weighted by molar-refractivity contribution is 5.85. The molecule has 0 atom stereocenters. The highest BCUT2D eigenvalue weighted by Crippen LogP contribution is 2.18. The van der Waals surface area contributed by atoms with Crippen molar-refractivity contribution in [1.82, 2.24) is 10.2 Å². The van der Waals surface area contributed by atoms with Crippen LogP contribution in [0.25, 0.3) is 0 Å². The van der Waals surface area contributed by atoms with Crippen molar-refractivity contribution < 1.29 is 19.1 Å². The van der Waals surface area contributed by atoms with Crippen LogP contribution in [0.15, 0.2) is 0 Å². The lowest BCUT2D eigenvalue weighted by atomic mass is 10.2. The minimum absolute atomic E-state index is 0.0526. The first-order valence-electron chi connectivity index (χ1n) is 6.66. The van der Waals surface area contributed by atoms with E-state index in [1.165, 1.54) is 0 Å². The molecular formula is C13H22N2O4. The summed E-state index contributed by atoms with van der Waals surface area (Å²) >= 11 is 0. The summed E-state index contributed by atoms with van der Waals surface area (Å²) in [5.41, 5.74) is 0. The predicted molar refractivity (Wildman–Crippen MR) is 69.5 cm³/mol. The number of hydrogen-bond acceptors (Lipinski definition) is 5. The fraction of sp³-hybridized carbons (Fsp3) is 0.769. The minimum Gasteiger partial charge on any atom is -0.466 e. The Labute approximate surface area is 113 Å². The molecule has 0 aromatic heterocycles. The van der Waals surface area contributed by atoms with Gasteiger partial charge in [0, 0.05) is 12.5 Å². The summed E-state index contributed by atoms with van der Waals surface area (Å²) < 4.78 is 4.74. The van der Waals surface area contributed by atoms with Gasteiger partial charge in [-0.15, -0.1) is 0 Å². The SMILES string of the molecule is CCOC(=O)CCC(=O)CN(C)CC(=O)NC1CC1. The molecule has 0 radical (unpaired) electrons. The van der Waals surface area contributed by atoms with Crippen molar-refractivity contribution in [2.24, 2.45) is 0 Å². The van der Waals surface area contributed by atoms with Crippen molar-refractivity contribution >= 4 is 17.7 Å². The highest BCUT2D eigenvalue weighted by Gasteiger charge is 2.23. The van der Waals surface area contributed by atoms with Crippen molar-refractivity contribution in [2.75, 3.05) is 26.7 Å². The summed E-state index contributed by atoms with van der Waals surface area (Å²) in [6.07, 6.45) is 2.37. The zero-order valence-electron chi connectivity index (χ0n) is 11.6. The van der Waals surface area contributed by atoms with E-state index >= 15 is 0 Å². The molecule has 19 heavy (non-hydrogen) atoms. The molecule has 0 bridgehead atoms. The number of nitrogens with one attached hydrogen (secondary N) is 1. The van der Waals surface area contributed by atoms with E-state index < -0.39 is 0 Å². The van der Waals surface area contributed by atoms with Gasteiger partial charge in [-0.1, -0.05) is 0 Å². The molecule has 0 saturated heterocycles. The second kappa shape index (κ2) is 7.89. The number of ketones is 1. The van der Waals surface area contributed by atoms with Crippen molar-refractivity contribution in [1.29, 1.82) is 0 Å². The summed E-state index contributed by atoms with van der Waals surface area (Å²) in [6.45, 7) is 2.44. The molecule has 0 heterocycles. The Bertz CT molecular complexity index is 340. The minimum atomic E-state index is -0.357. The zero-order valence-corrected chi connectivity index (χ0v) is 11.6. The summed E-state index contributed by atoms with van der Waals surface area (Å²) in [5, 5.41) is 2.86. The summed E-state index contributed by atoms with van der Waals surface area (Å²) in [7, 11) is 1.72. The van der Waals surface area contributed by atoms with Gasteiger partial charge in [0.2, 0.25) is 5.91 Å². The number of ether oxygens (including phenoxy) is 1. The van der Waals surface area contributed by atoms with Crippen LogP contribution in [0, 0.1) is 0 Å². The molecule has 0 unspecified atom stereocenters. The molecule has 1 aliphatic carbocycles. The first-order chi connectivity index (χ1) is 9.01. The smallest absolute Gasteiger partial charge is 0.306 e. The largest absolute Gasteiger partial charge is 0.466 e. The molecule has 1 saturated carbocycles. The Morgan fingerprint density at radius 2 is 1.89 bits per heavy atom. The lowest BCUT2D eigenvalue weighted by Gasteiger charge is -2.15. The molecule has 0 spiro atoms. The molecule has 108 valence electrons. The van der Waals surface area contributed by atoms with Crippen LogP contribution in [0.3, 0.4) is 0 Å². The average Bonchev–Trinajstić information content (AvgIpc) is 3.10. The van der Waals surface area contributed by atoms with Crippen LogP contribution in [-0.4, -0.2) is 55.3 Å². The van der Waals surface area contributed by atoms with E-state index in [1.54, 1.807) is 18.9 Å². The van der Waals surface area contributed by atoms with Gasteiger partial charge in [-0.2, -0.15) is 0 Å². The van der Waals surface area contributed by atoms with E-state index in [-0.39, 0.29) is 43.6 Å². The maximum atomic E-state index is 11.6. The van der Waals surface area contributed by atoms with Crippen LogP contribution in [0.1, 0.15) is 32.6 Å². The number of nitrogens with zero attached hydrogens (tertiary/aromatic N) is 1. The van der Waals surface area contributed by atoms with Gasteiger partial charge in [-0.25, -0.2) is 0 Å². The molecule has 0 aromatic rings. The van der Waals surface area contributed by atoms with Crippen molar-refractivity contribution in [3.8, 4) is 0 Å². The van der Waals surface area contributed by atoms with Gasteiger partial charge in [0.25, 0.3) is 0 Å². The average molecular weight is 270 g/mol. The van der Waals surface area contributed by atoms with Gasteiger partial charge in [-0.3, -0.25) is 19.3 Å². The van der Waals surface area contributed by atoms with Gasteiger partial charge in [0.15, 0.2) is 0 Å². The lowest BCUT2D eigenvalue weighted by Crippen LogP contribution is -2.38. The molecular weight excluding hydrogens is 248 g/mol. The van der Waals surface area contributed by atoms with Crippen LogP contribution in [0.5, 0.6) is 0 Å². The van der Waals surface area contributed by atoms with Crippen molar-refractivity contribution in [3.63, 3.8) is 0 Å². The summed E-state index contributed by atoms with van der Waals surface area (Å²) in [5.74, 6) is -0.469. The molecule has 1 amide bonds.